The van der Waals surface area contributed by atoms with Crippen LogP contribution < -0.4 is 4.74 Å². The highest BCUT2D eigenvalue weighted by molar-refractivity contribution is 5.40. The van der Waals surface area contributed by atoms with Crippen molar-refractivity contribution >= 4 is 0 Å². The van der Waals surface area contributed by atoms with Crippen molar-refractivity contribution in [2.24, 2.45) is 0 Å². The lowest BCUT2D eigenvalue weighted by Crippen LogP contribution is -1.93. The summed E-state index contributed by atoms with van der Waals surface area (Å²) >= 11 is 0. The van der Waals surface area contributed by atoms with Crippen LogP contribution in [0.1, 0.15) is 16.7 Å². The molecule has 0 saturated heterocycles. The molecule has 0 aromatic heterocycles. The van der Waals surface area contributed by atoms with Crippen LogP contribution in [0.2, 0.25) is 0 Å². The number of hydrogen-bond donors (Lipinski definition) is 1. The molecule has 0 fully saturated rings. The molecule has 1 N–H and O–H groups in total. The molecule has 0 aliphatic carbocycles. The van der Waals surface area contributed by atoms with E-state index >= 15 is 0 Å². The Bertz CT molecular complexity index is 564. The Kier molecular flexibility index (Phi) is 3.63. The lowest BCUT2D eigenvalue weighted by Gasteiger charge is -2.10. The van der Waals surface area contributed by atoms with Crippen LogP contribution in [0.3, 0.4) is 0 Å². The highest BCUT2D eigenvalue weighted by Crippen LogP contribution is 2.28. The quantitative estimate of drug-likeness (QED) is 0.894. The summed E-state index contributed by atoms with van der Waals surface area (Å²) < 4.78 is 19.2. The van der Waals surface area contributed by atoms with Crippen LogP contribution in [-0.2, 0) is 6.61 Å². The van der Waals surface area contributed by atoms with Gasteiger partial charge in [0.05, 0.1) is 6.61 Å². The summed E-state index contributed by atoms with van der Waals surface area (Å²) in [6, 6.07) is 10.2. The minimum atomic E-state index is -0.471. The third-order valence-corrected chi connectivity index (χ3v) is 2.73. The van der Waals surface area contributed by atoms with Crippen LogP contribution in [0.4, 0.5) is 4.39 Å². The molecule has 94 valence electrons. The highest BCUT2D eigenvalue weighted by atomic mass is 19.1. The zero-order chi connectivity index (χ0) is 13.1. The SMILES string of the molecule is Cc1ccc(Oc2ccc(CO)cc2F)c(C)c1. The fourth-order valence-corrected chi connectivity index (χ4v) is 1.76. The first kappa shape index (κ1) is 12.6. The molecule has 0 radical (unpaired) electrons. The van der Waals surface area contributed by atoms with Gasteiger partial charge in [-0.3, -0.25) is 0 Å². The van der Waals surface area contributed by atoms with Crippen LogP contribution >= 0.6 is 0 Å². The van der Waals surface area contributed by atoms with Crippen molar-refractivity contribution in [3.63, 3.8) is 0 Å². The monoisotopic (exact) mass is 246 g/mol. The minimum Gasteiger partial charge on any atom is -0.454 e. The van der Waals surface area contributed by atoms with Gasteiger partial charge in [-0.25, -0.2) is 4.39 Å². The Morgan fingerprint density at radius 2 is 1.78 bits per heavy atom. The molecule has 2 rings (SSSR count). The number of aliphatic hydroxyl groups is 1. The molecule has 0 unspecified atom stereocenters. The average molecular weight is 246 g/mol. The molecular formula is C15H15FO2. The lowest BCUT2D eigenvalue weighted by molar-refractivity contribution is 0.281. The lowest BCUT2D eigenvalue weighted by atomic mass is 10.1. The van der Waals surface area contributed by atoms with Gasteiger partial charge in [-0.2, -0.15) is 0 Å². The van der Waals surface area contributed by atoms with Gasteiger partial charge in [-0.05, 0) is 43.2 Å². The molecule has 3 heteroatoms. The van der Waals surface area contributed by atoms with Crippen molar-refractivity contribution in [1.29, 1.82) is 0 Å². The molecular weight excluding hydrogens is 231 g/mol. The fourth-order valence-electron chi connectivity index (χ4n) is 1.76. The van der Waals surface area contributed by atoms with Gasteiger partial charge in [-0.1, -0.05) is 23.8 Å². The maximum atomic E-state index is 13.7. The molecule has 0 spiro atoms. The van der Waals surface area contributed by atoms with E-state index in [0.717, 1.165) is 11.1 Å². The van der Waals surface area contributed by atoms with Crippen molar-refractivity contribution in [1.82, 2.24) is 0 Å². The molecule has 2 aromatic rings. The molecule has 0 aliphatic rings. The van der Waals surface area contributed by atoms with Crippen LogP contribution in [-0.4, -0.2) is 5.11 Å². The summed E-state index contributed by atoms with van der Waals surface area (Å²) in [6.07, 6.45) is 0. The first-order valence-corrected chi connectivity index (χ1v) is 5.74. The zero-order valence-corrected chi connectivity index (χ0v) is 10.4. The van der Waals surface area contributed by atoms with E-state index in [4.69, 9.17) is 9.84 Å². The molecule has 0 heterocycles. The molecule has 18 heavy (non-hydrogen) atoms. The second-order valence-corrected chi connectivity index (χ2v) is 4.29. The first-order valence-electron chi connectivity index (χ1n) is 5.74. The van der Waals surface area contributed by atoms with E-state index in [0.29, 0.717) is 11.3 Å². The maximum absolute atomic E-state index is 13.7. The minimum absolute atomic E-state index is 0.166. The van der Waals surface area contributed by atoms with Gasteiger partial charge in [0, 0.05) is 0 Å². The molecule has 0 amide bonds. The number of hydrogen-bond acceptors (Lipinski definition) is 2. The average Bonchev–Trinajstić information content (AvgIpc) is 2.34. The zero-order valence-electron chi connectivity index (χ0n) is 10.4. The number of aliphatic hydroxyl groups excluding tert-OH is 1. The van der Waals surface area contributed by atoms with Crippen LogP contribution in [0.15, 0.2) is 36.4 Å². The van der Waals surface area contributed by atoms with Gasteiger partial charge in [-0.15, -0.1) is 0 Å². The van der Waals surface area contributed by atoms with Gasteiger partial charge < -0.3 is 9.84 Å². The van der Waals surface area contributed by atoms with Gasteiger partial charge in [0.15, 0.2) is 11.6 Å². The van der Waals surface area contributed by atoms with Gasteiger partial charge in [0.2, 0.25) is 0 Å². The van der Waals surface area contributed by atoms with Crippen LogP contribution in [0, 0.1) is 19.7 Å². The third kappa shape index (κ3) is 2.68. The second-order valence-electron chi connectivity index (χ2n) is 4.29. The number of ether oxygens (including phenoxy) is 1. The van der Waals surface area contributed by atoms with E-state index in [1.165, 1.54) is 12.1 Å². The van der Waals surface area contributed by atoms with Gasteiger partial charge in [0.25, 0.3) is 0 Å². The third-order valence-electron chi connectivity index (χ3n) is 2.73. The van der Waals surface area contributed by atoms with Crippen LogP contribution in [0.5, 0.6) is 11.5 Å². The Morgan fingerprint density at radius 3 is 2.39 bits per heavy atom. The number of benzene rings is 2. The molecule has 2 aromatic carbocycles. The van der Waals surface area contributed by atoms with Crippen LogP contribution in [0.25, 0.3) is 0 Å². The van der Waals surface area contributed by atoms with E-state index in [9.17, 15) is 4.39 Å². The van der Waals surface area contributed by atoms with Crippen molar-refractivity contribution in [2.75, 3.05) is 0 Å². The molecule has 0 atom stereocenters. The fraction of sp³-hybridized carbons (Fsp3) is 0.200. The normalized spacial score (nSPS) is 10.4. The van der Waals surface area contributed by atoms with Gasteiger partial charge in [0.1, 0.15) is 5.75 Å². The Hall–Kier alpha value is -1.87. The number of aryl methyl sites for hydroxylation is 2. The predicted molar refractivity (Wildman–Crippen MR) is 68.3 cm³/mol. The second kappa shape index (κ2) is 5.19. The standard InChI is InChI=1S/C15H15FO2/c1-10-3-5-14(11(2)7-10)18-15-6-4-12(9-17)8-13(15)16/h3-8,17H,9H2,1-2H3. The topological polar surface area (TPSA) is 29.5 Å². The number of halogens is 1. The smallest absolute Gasteiger partial charge is 0.166 e. The predicted octanol–water partition coefficient (Wildman–Crippen LogP) is 3.73. The first-order chi connectivity index (χ1) is 8.60. The summed E-state index contributed by atoms with van der Waals surface area (Å²) in [5.41, 5.74) is 2.62. The van der Waals surface area contributed by atoms with Crippen molar-refractivity contribution in [2.45, 2.75) is 20.5 Å². The van der Waals surface area contributed by atoms with Crippen molar-refractivity contribution in [3.05, 3.63) is 58.9 Å². The summed E-state index contributed by atoms with van der Waals surface area (Å²) in [5.74, 6) is 0.330. The molecule has 0 aliphatic heterocycles. The Labute approximate surface area is 106 Å². The summed E-state index contributed by atoms with van der Waals surface area (Å²) in [7, 11) is 0. The van der Waals surface area contributed by atoms with E-state index < -0.39 is 5.82 Å². The summed E-state index contributed by atoms with van der Waals surface area (Å²) in [6.45, 7) is 3.73. The maximum Gasteiger partial charge on any atom is 0.166 e. The Morgan fingerprint density at radius 1 is 1.06 bits per heavy atom. The summed E-state index contributed by atoms with van der Waals surface area (Å²) in [5, 5.41) is 8.91. The van der Waals surface area contributed by atoms with E-state index in [1.54, 1.807) is 6.07 Å². The molecule has 0 saturated carbocycles. The van der Waals surface area contributed by atoms with E-state index in [-0.39, 0.29) is 12.4 Å². The van der Waals surface area contributed by atoms with Crippen molar-refractivity contribution < 1.29 is 14.2 Å². The summed E-state index contributed by atoms with van der Waals surface area (Å²) in [4.78, 5) is 0. The van der Waals surface area contributed by atoms with E-state index in [2.05, 4.69) is 0 Å². The molecule has 2 nitrogen and oxygen atoms in total. The number of rotatable bonds is 3. The molecule has 0 bridgehead atoms. The van der Waals surface area contributed by atoms with Gasteiger partial charge >= 0.3 is 0 Å². The highest BCUT2D eigenvalue weighted by Gasteiger charge is 2.07. The largest absolute Gasteiger partial charge is 0.454 e. The van der Waals surface area contributed by atoms with Crippen molar-refractivity contribution in [3.8, 4) is 11.5 Å². The Balaban J connectivity index is 2.28. The van der Waals surface area contributed by atoms with E-state index in [1.807, 2.05) is 32.0 Å².